The second-order valence-electron chi connectivity index (χ2n) is 6.27. The normalized spacial score (nSPS) is 11.8. The summed E-state index contributed by atoms with van der Waals surface area (Å²) >= 11 is 0. The maximum atomic E-state index is 12.7. The van der Waals surface area contributed by atoms with Gasteiger partial charge in [-0.1, -0.05) is 50.6 Å². The van der Waals surface area contributed by atoms with Gasteiger partial charge in [-0.05, 0) is 18.4 Å². The fourth-order valence-corrected chi connectivity index (χ4v) is 3.98. The first-order valence-electron chi connectivity index (χ1n) is 8.88. The number of hydrogen-bond acceptors (Lipinski definition) is 7. The van der Waals surface area contributed by atoms with E-state index in [-0.39, 0.29) is 28.2 Å². The number of ketones is 1. The number of hydrogen-bond donors (Lipinski definition) is 0. The number of nitrogens with zero attached hydrogens (tertiary/aromatic N) is 5. The van der Waals surface area contributed by atoms with Crippen molar-refractivity contribution in [1.29, 1.82) is 0 Å². The van der Waals surface area contributed by atoms with Crippen molar-refractivity contribution in [3.8, 4) is 0 Å². The predicted octanol–water partition coefficient (Wildman–Crippen LogP) is 2.43. The van der Waals surface area contributed by atoms with Crippen LogP contribution in [0.5, 0.6) is 0 Å². The maximum Gasteiger partial charge on any atom is 0.273 e. The lowest BCUT2D eigenvalue weighted by molar-refractivity contribution is 0.0974. The highest BCUT2D eigenvalue weighted by Crippen LogP contribution is 2.17. The van der Waals surface area contributed by atoms with Crippen LogP contribution in [0.15, 0.2) is 35.5 Å². The molecule has 0 aliphatic rings. The van der Waals surface area contributed by atoms with Crippen LogP contribution in [0, 0.1) is 0 Å². The molecule has 8 nitrogen and oxygen atoms in total. The van der Waals surface area contributed by atoms with E-state index in [0.717, 1.165) is 6.42 Å². The zero-order valence-corrected chi connectivity index (χ0v) is 16.1. The van der Waals surface area contributed by atoms with Crippen LogP contribution in [0.2, 0.25) is 0 Å². The number of rotatable bonds is 8. The van der Waals surface area contributed by atoms with E-state index >= 15 is 0 Å². The van der Waals surface area contributed by atoms with Gasteiger partial charge < -0.3 is 0 Å². The van der Waals surface area contributed by atoms with Crippen molar-refractivity contribution >= 4 is 21.4 Å². The molecule has 0 spiro atoms. The molecule has 3 aromatic rings. The lowest BCUT2D eigenvalue weighted by Crippen LogP contribution is -2.14. The van der Waals surface area contributed by atoms with E-state index < -0.39 is 9.84 Å². The summed E-state index contributed by atoms with van der Waals surface area (Å²) in [5, 5.41) is 11.8. The molecule has 142 valence electrons. The fourth-order valence-electron chi connectivity index (χ4n) is 2.80. The number of fused-ring (bicyclic) bond motifs is 1. The van der Waals surface area contributed by atoms with Crippen molar-refractivity contribution in [1.82, 2.24) is 24.8 Å². The molecule has 0 amide bonds. The van der Waals surface area contributed by atoms with Crippen LogP contribution in [0.25, 0.3) is 5.78 Å². The maximum absolute atomic E-state index is 12.7. The van der Waals surface area contributed by atoms with Crippen molar-refractivity contribution in [2.75, 3.05) is 0 Å². The summed E-state index contributed by atoms with van der Waals surface area (Å²) in [4.78, 5) is 16.4. The molecule has 0 aliphatic carbocycles. The SMILES string of the molecule is CCCC(=O)c1nnc2nc(S(=O)(=O)Cc3ccccc3)nn2c1CCC. The van der Waals surface area contributed by atoms with Gasteiger partial charge >= 0.3 is 0 Å². The van der Waals surface area contributed by atoms with Crippen LogP contribution >= 0.6 is 0 Å². The number of aryl methyl sites for hydroxylation is 1. The molecule has 0 atom stereocenters. The molecular formula is C18H21N5O3S. The average Bonchev–Trinajstić information content (AvgIpc) is 3.08. The summed E-state index contributed by atoms with van der Waals surface area (Å²) in [6.45, 7) is 3.87. The number of aromatic nitrogens is 5. The lowest BCUT2D eigenvalue weighted by Gasteiger charge is -2.06. The monoisotopic (exact) mass is 387 g/mol. The van der Waals surface area contributed by atoms with E-state index in [1.807, 2.05) is 19.9 Å². The molecular weight excluding hydrogens is 366 g/mol. The minimum atomic E-state index is -3.75. The van der Waals surface area contributed by atoms with Crippen molar-refractivity contribution in [2.24, 2.45) is 0 Å². The standard InChI is InChI=1S/C18H21N5O3S/c1-3-8-14-16(15(24)9-4-2)20-21-17-19-18(22-23(14)17)27(25,26)12-13-10-6-5-7-11-13/h5-7,10-11H,3-4,8-9,12H2,1-2H3. The summed E-state index contributed by atoms with van der Waals surface area (Å²) in [6, 6.07) is 8.84. The van der Waals surface area contributed by atoms with Crippen molar-refractivity contribution in [2.45, 2.75) is 50.4 Å². The first kappa shape index (κ1) is 19.1. The first-order chi connectivity index (χ1) is 13.0. The van der Waals surface area contributed by atoms with Crippen molar-refractivity contribution < 1.29 is 13.2 Å². The van der Waals surface area contributed by atoms with Crippen LogP contribution in [0.1, 0.15) is 54.9 Å². The van der Waals surface area contributed by atoms with Gasteiger partial charge in [0.1, 0.15) is 0 Å². The van der Waals surface area contributed by atoms with E-state index in [1.165, 1.54) is 4.52 Å². The molecule has 0 bridgehead atoms. The molecule has 0 N–H and O–H groups in total. The molecule has 2 heterocycles. The highest BCUT2D eigenvalue weighted by atomic mass is 32.2. The second-order valence-corrected chi connectivity index (χ2v) is 8.15. The number of sulfone groups is 1. The molecule has 0 fully saturated rings. The van der Waals surface area contributed by atoms with Gasteiger partial charge in [0, 0.05) is 6.42 Å². The topological polar surface area (TPSA) is 107 Å². The van der Waals surface area contributed by atoms with Gasteiger partial charge in [0.15, 0.2) is 11.5 Å². The zero-order chi connectivity index (χ0) is 19.4. The molecule has 0 saturated heterocycles. The largest absolute Gasteiger partial charge is 0.292 e. The third kappa shape index (κ3) is 4.02. The van der Waals surface area contributed by atoms with E-state index in [1.54, 1.807) is 24.3 Å². The third-order valence-corrected chi connectivity index (χ3v) is 5.49. The quantitative estimate of drug-likeness (QED) is 0.546. The molecule has 2 aromatic heterocycles. The van der Waals surface area contributed by atoms with Gasteiger partial charge in [0.05, 0.1) is 11.4 Å². The summed E-state index contributed by atoms with van der Waals surface area (Å²) < 4.78 is 26.8. The van der Waals surface area contributed by atoms with Crippen LogP contribution < -0.4 is 0 Å². The Hall–Kier alpha value is -2.68. The summed E-state index contributed by atoms with van der Waals surface area (Å²) in [6.07, 6.45) is 2.32. The fraction of sp³-hybridized carbons (Fsp3) is 0.389. The Kier molecular flexibility index (Phi) is 5.59. The molecule has 9 heteroatoms. The molecule has 0 unspecified atom stereocenters. The summed E-state index contributed by atoms with van der Waals surface area (Å²) in [7, 11) is -3.75. The predicted molar refractivity (Wildman–Crippen MR) is 99.1 cm³/mol. The lowest BCUT2D eigenvalue weighted by atomic mass is 10.1. The second kappa shape index (κ2) is 7.91. The van der Waals surface area contributed by atoms with Crippen LogP contribution in [-0.2, 0) is 22.0 Å². The minimum Gasteiger partial charge on any atom is -0.292 e. The minimum absolute atomic E-state index is 0.0816. The summed E-state index contributed by atoms with van der Waals surface area (Å²) in [5.41, 5.74) is 1.44. The number of carbonyl (C=O) groups is 1. The molecule has 27 heavy (non-hydrogen) atoms. The molecule has 3 rings (SSSR count). The van der Waals surface area contributed by atoms with Gasteiger partial charge in [0.2, 0.25) is 9.84 Å². The molecule has 0 radical (unpaired) electrons. The third-order valence-electron chi connectivity index (χ3n) is 4.04. The summed E-state index contributed by atoms with van der Waals surface area (Å²) in [5.74, 6) is -0.249. The Bertz CT molecular complexity index is 1060. The molecule has 1 aromatic carbocycles. The van der Waals surface area contributed by atoms with Crippen molar-refractivity contribution in [3.63, 3.8) is 0 Å². The van der Waals surface area contributed by atoms with E-state index in [4.69, 9.17) is 0 Å². The van der Waals surface area contributed by atoms with Crippen LogP contribution in [0.3, 0.4) is 0 Å². The van der Waals surface area contributed by atoms with Gasteiger partial charge in [-0.2, -0.15) is 9.50 Å². The highest BCUT2D eigenvalue weighted by Gasteiger charge is 2.25. The van der Waals surface area contributed by atoms with E-state index in [9.17, 15) is 13.2 Å². The first-order valence-corrected chi connectivity index (χ1v) is 10.5. The van der Waals surface area contributed by atoms with Crippen molar-refractivity contribution in [3.05, 3.63) is 47.3 Å². The smallest absolute Gasteiger partial charge is 0.273 e. The van der Waals surface area contributed by atoms with Gasteiger partial charge in [-0.15, -0.1) is 15.3 Å². The molecule has 0 aliphatic heterocycles. The zero-order valence-electron chi connectivity index (χ0n) is 15.3. The number of benzene rings is 1. The highest BCUT2D eigenvalue weighted by molar-refractivity contribution is 7.90. The number of Topliss-reactive ketones (excluding diaryl/α,β-unsaturated/α-hetero) is 1. The van der Waals surface area contributed by atoms with E-state index in [0.29, 0.717) is 30.5 Å². The molecule has 0 saturated carbocycles. The average molecular weight is 387 g/mol. The Labute approximate surface area is 157 Å². The Morgan fingerprint density at radius 3 is 2.48 bits per heavy atom. The van der Waals surface area contributed by atoms with Gasteiger partial charge in [-0.25, -0.2) is 8.42 Å². The number of carbonyl (C=O) groups excluding carboxylic acids is 1. The van der Waals surface area contributed by atoms with Gasteiger partial charge in [-0.3, -0.25) is 4.79 Å². The van der Waals surface area contributed by atoms with Crippen LogP contribution in [-0.4, -0.2) is 39.0 Å². The van der Waals surface area contributed by atoms with E-state index in [2.05, 4.69) is 20.3 Å². The Balaban J connectivity index is 2.06. The van der Waals surface area contributed by atoms with Gasteiger partial charge in [0.25, 0.3) is 10.9 Å². The Morgan fingerprint density at radius 2 is 1.81 bits per heavy atom. The van der Waals surface area contributed by atoms with Crippen LogP contribution in [0.4, 0.5) is 0 Å². The Morgan fingerprint density at radius 1 is 1.07 bits per heavy atom.